The maximum atomic E-state index is 12.7. The summed E-state index contributed by atoms with van der Waals surface area (Å²) in [7, 11) is 0. The van der Waals surface area contributed by atoms with Gasteiger partial charge in [-0.25, -0.2) is 14.1 Å². The predicted octanol–water partition coefficient (Wildman–Crippen LogP) is -1.79. The SMILES string of the molecule is NC(=O)c1ncn([C@@H](CF)OC(CO)CO)n1. The molecule has 0 fully saturated rings. The number of carbonyl (C=O) groups excluding carboxylic acids is 1. The van der Waals surface area contributed by atoms with Crippen LogP contribution < -0.4 is 5.73 Å². The van der Waals surface area contributed by atoms with Gasteiger partial charge >= 0.3 is 0 Å². The number of hydrogen-bond acceptors (Lipinski definition) is 6. The highest BCUT2D eigenvalue weighted by Crippen LogP contribution is 2.10. The molecule has 0 aliphatic rings. The van der Waals surface area contributed by atoms with Gasteiger partial charge < -0.3 is 20.7 Å². The molecule has 0 bridgehead atoms. The van der Waals surface area contributed by atoms with Crippen LogP contribution in [0.25, 0.3) is 0 Å². The molecule has 0 aliphatic carbocycles. The van der Waals surface area contributed by atoms with Gasteiger partial charge in [0.1, 0.15) is 19.1 Å². The lowest BCUT2D eigenvalue weighted by atomic mass is 10.4. The van der Waals surface area contributed by atoms with Crippen LogP contribution in [-0.2, 0) is 4.74 Å². The van der Waals surface area contributed by atoms with Gasteiger partial charge in [-0.2, -0.15) is 0 Å². The quantitative estimate of drug-likeness (QED) is 0.524. The topological polar surface area (TPSA) is 123 Å². The fourth-order valence-corrected chi connectivity index (χ4v) is 1.06. The Kier molecular flexibility index (Phi) is 4.94. The first-order chi connectivity index (χ1) is 8.12. The third-order valence-electron chi connectivity index (χ3n) is 1.91. The first kappa shape index (κ1) is 13.5. The molecule has 0 saturated heterocycles. The maximum absolute atomic E-state index is 12.7. The smallest absolute Gasteiger partial charge is 0.288 e. The molecule has 1 aromatic heterocycles. The Labute approximate surface area is 95.8 Å². The largest absolute Gasteiger partial charge is 0.394 e. The van der Waals surface area contributed by atoms with Crippen LogP contribution in [0.15, 0.2) is 6.33 Å². The number of rotatable bonds is 7. The molecule has 1 aromatic rings. The molecule has 0 radical (unpaired) electrons. The van der Waals surface area contributed by atoms with Crippen LogP contribution in [0.4, 0.5) is 4.39 Å². The van der Waals surface area contributed by atoms with Gasteiger partial charge in [-0.1, -0.05) is 0 Å². The summed E-state index contributed by atoms with van der Waals surface area (Å²) >= 11 is 0. The fourth-order valence-electron chi connectivity index (χ4n) is 1.06. The van der Waals surface area contributed by atoms with Gasteiger partial charge in [0.25, 0.3) is 5.91 Å². The van der Waals surface area contributed by atoms with Gasteiger partial charge in [0.05, 0.1) is 13.2 Å². The number of primary amides is 1. The second kappa shape index (κ2) is 6.23. The molecule has 0 unspecified atom stereocenters. The summed E-state index contributed by atoms with van der Waals surface area (Å²) in [5.41, 5.74) is 4.93. The third-order valence-corrected chi connectivity index (χ3v) is 1.91. The van der Waals surface area contributed by atoms with Crippen LogP contribution in [0.2, 0.25) is 0 Å². The molecule has 96 valence electrons. The van der Waals surface area contributed by atoms with Crippen LogP contribution in [0.1, 0.15) is 16.8 Å². The van der Waals surface area contributed by atoms with Gasteiger partial charge in [0.2, 0.25) is 5.82 Å². The number of aliphatic hydroxyl groups excluding tert-OH is 2. The average Bonchev–Trinajstić information content (AvgIpc) is 2.80. The molecule has 0 spiro atoms. The van der Waals surface area contributed by atoms with Gasteiger partial charge in [-0.15, -0.1) is 5.10 Å². The van der Waals surface area contributed by atoms with Crippen molar-refractivity contribution in [3.63, 3.8) is 0 Å². The number of amides is 1. The Bertz CT molecular complexity index is 368. The molecule has 4 N–H and O–H groups in total. The summed E-state index contributed by atoms with van der Waals surface area (Å²) in [5, 5.41) is 21.2. The minimum Gasteiger partial charge on any atom is -0.394 e. The van der Waals surface area contributed by atoms with Crippen molar-refractivity contribution in [3.8, 4) is 0 Å². The zero-order valence-corrected chi connectivity index (χ0v) is 8.86. The fraction of sp³-hybridized carbons (Fsp3) is 0.625. The lowest BCUT2D eigenvalue weighted by molar-refractivity contribution is -0.106. The van der Waals surface area contributed by atoms with E-state index in [1.165, 1.54) is 0 Å². The molecule has 1 heterocycles. The van der Waals surface area contributed by atoms with E-state index in [0.717, 1.165) is 11.0 Å². The van der Waals surface area contributed by atoms with Crippen molar-refractivity contribution in [3.05, 3.63) is 12.2 Å². The van der Waals surface area contributed by atoms with Gasteiger partial charge in [-0.3, -0.25) is 4.79 Å². The zero-order chi connectivity index (χ0) is 12.8. The normalized spacial score (nSPS) is 12.9. The Morgan fingerprint density at radius 3 is 2.65 bits per heavy atom. The first-order valence-electron chi connectivity index (χ1n) is 4.76. The lowest BCUT2D eigenvalue weighted by Gasteiger charge is -2.19. The Hall–Kier alpha value is -1.58. The average molecular weight is 248 g/mol. The standard InChI is InChI=1S/C8H13FN4O4/c9-1-6(17-5(2-14)3-15)13-4-11-8(12-13)7(10)16/h4-6,14-15H,1-3H2,(H2,10,16)/t6-/m1/s1. The minimum absolute atomic E-state index is 0.267. The van der Waals surface area contributed by atoms with Crippen molar-refractivity contribution >= 4 is 5.91 Å². The van der Waals surface area contributed by atoms with Crippen LogP contribution in [-0.4, -0.2) is 56.9 Å². The first-order valence-corrected chi connectivity index (χ1v) is 4.76. The van der Waals surface area contributed by atoms with E-state index in [0.29, 0.717) is 0 Å². The summed E-state index contributed by atoms with van der Waals surface area (Å²) in [6, 6.07) is 0. The number of aromatic nitrogens is 3. The summed E-state index contributed by atoms with van der Waals surface area (Å²) in [6.07, 6.45) is -1.03. The van der Waals surface area contributed by atoms with Crippen molar-refractivity contribution in [2.75, 3.05) is 19.9 Å². The highest BCUT2D eigenvalue weighted by Gasteiger charge is 2.19. The molecule has 17 heavy (non-hydrogen) atoms. The summed E-state index contributed by atoms with van der Waals surface area (Å²) in [5.74, 6) is -1.11. The number of nitrogens with zero attached hydrogens (tertiary/aromatic N) is 3. The third kappa shape index (κ3) is 3.44. The molecule has 0 saturated carbocycles. The van der Waals surface area contributed by atoms with E-state index in [4.69, 9.17) is 20.7 Å². The second-order valence-corrected chi connectivity index (χ2v) is 3.14. The van der Waals surface area contributed by atoms with Crippen LogP contribution >= 0.6 is 0 Å². The van der Waals surface area contributed by atoms with E-state index in [2.05, 4.69) is 10.1 Å². The number of aliphatic hydroxyl groups is 2. The van der Waals surface area contributed by atoms with Crippen molar-refractivity contribution in [2.24, 2.45) is 5.73 Å². The van der Waals surface area contributed by atoms with Gasteiger partial charge in [0, 0.05) is 0 Å². The number of nitrogens with two attached hydrogens (primary N) is 1. The predicted molar refractivity (Wildman–Crippen MR) is 52.6 cm³/mol. The van der Waals surface area contributed by atoms with Crippen LogP contribution in [0, 0.1) is 0 Å². The van der Waals surface area contributed by atoms with Crippen LogP contribution in [0.5, 0.6) is 0 Å². The van der Waals surface area contributed by atoms with Gasteiger partial charge in [-0.05, 0) is 0 Å². The molecule has 8 nitrogen and oxygen atoms in total. The zero-order valence-electron chi connectivity index (χ0n) is 8.86. The number of halogens is 1. The molecule has 1 rings (SSSR count). The highest BCUT2D eigenvalue weighted by molar-refractivity contribution is 5.88. The Morgan fingerprint density at radius 1 is 1.59 bits per heavy atom. The van der Waals surface area contributed by atoms with E-state index < -0.39 is 38.1 Å². The van der Waals surface area contributed by atoms with Gasteiger partial charge in [0.15, 0.2) is 6.23 Å². The van der Waals surface area contributed by atoms with Crippen molar-refractivity contribution < 1.29 is 24.1 Å². The number of hydrogen-bond donors (Lipinski definition) is 3. The number of ether oxygens (including phenoxy) is 1. The monoisotopic (exact) mass is 248 g/mol. The van der Waals surface area contributed by atoms with E-state index in [1.54, 1.807) is 0 Å². The molecular weight excluding hydrogens is 235 g/mol. The minimum atomic E-state index is -1.18. The molecule has 0 aromatic carbocycles. The number of carbonyl (C=O) groups is 1. The molecule has 1 amide bonds. The van der Waals surface area contributed by atoms with Crippen molar-refractivity contribution in [1.82, 2.24) is 14.8 Å². The van der Waals surface area contributed by atoms with E-state index in [9.17, 15) is 9.18 Å². The summed E-state index contributed by atoms with van der Waals surface area (Å²) in [6.45, 7) is -1.90. The van der Waals surface area contributed by atoms with E-state index in [-0.39, 0.29) is 5.82 Å². The second-order valence-electron chi connectivity index (χ2n) is 3.14. The molecular formula is C8H13FN4O4. The maximum Gasteiger partial charge on any atom is 0.288 e. The lowest BCUT2D eigenvalue weighted by Crippen LogP contribution is -2.28. The van der Waals surface area contributed by atoms with E-state index in [1.807, 2.05) is 0 Å². The molecule has 9 heteroatoms. The van der Waals surface area contributed by atoms with Crippen molar-refractivity contribution in [2.45, 2.75) is 12.3 Å². The highest BCUT2D eigenvalue weighted by atomic mass is 19.1. The van der Waals surface area contributed by atoms with Crippen LogP contribution in [0.3, 0.4) is 0 Å². The van der Waals surface area contributed by atoms with E-state index >= 15 is 0 Å². The molecule has 1 atom stereocenters. The molecule has 0 aliphatic heterocycles. The Balaban J connectivity index is 2.75. The summed E-state index contributed by atoms with van der Waals surface area (Å²) in [4.78, 5) is 14.3. The van der Waals surface area contributed by atoms with Crippen molar-refractivity contribution in [1.29, 1.82) is 0 Å². The Morgan fingerprint density at radius 2 is 2.24 bits per heavy atom. The number of alkyl halides is 1. The summed E-state index contributed by atoms with van der Waals surface area (Å²) < 4.78 is 18.7.